The molecule has 0 heterocycles. The molecule has 0 aliphatic heterocycles. The molecular weight excluding hydrogens is 330 g/mol. The Bertz CT molecular complexity index is 820. The molecule has 1 amide bonds. The Labute approximate surface area is 140 Å². The van der Waals surface area contributed by atoms with Gasteiger partial charge in [0.05, 0.1) is 24.8 Å². The van der Waals surface area contributed by atoms with Crippen molar-refractivity contribution < 1.29 is 17.9 Å². The van der Waals surface area contributed by atoms with Crippen molar-refractivity contribution in [3.8, 4) is 5.75 Å². The van der Waals surface area contributed by atoms with E-state index in [-0.39, 0.29) is 4.90 Å². The maximum Gasteiger partial charge on any atom is 0.255 e. The predicted octanol–water partition coefficient (Wildman–Crippen LogP) is 1.12. The topological polar surface area (TPSA) is 96.9 Å². The summed E-state index contributed by atoms with van der Waals surface area (Å²) in [5.41, 5.74) is 2.99. The van der Waals surface area contributed by atoms with Crippen molar-refractivity contribution in [3.63, 3.8) is 0 Å². The Kier molecular flexibility index (Phi) is 6.05. The molecule has 126 valence electrons. The molecule has 0 saturated carbocycles. The Hall–Kier alpha value is -2.71. The van der Waals surface area contributed by atoms with E-state index in [1.54, 1.807) is 49.6 Å². The van der Waals surface area contributed by atoms with Crippen LogP contribution >= 0.6 is 0 Å². The van der Waals surface area contributed by atoms with Crippen LogP contribution in [0.5, 0.6) is 5.75 Å². The normalized spacial score (nSPS) is 11.4. The number of amides is 1. The molecule has 2 rings (SSSR count). The molecule has 8 heteroatoms. The lowest BCUT2D eigenvalue weighted by Gasteiger charge is -2.05. The summed E-state index contributed by atoms with van der Waals surface area (Å²) < 4.78 is 31.2. The third kappa shape index (κ3) is 5.18. The van der Waals surface area contributed by atoms with Crippen LogP contribution in [0.25, 0.3) is 0 Å². The lowest BCUT2D eigenvalue weighted by molar-refractivity contribution is -0.119. The number of hydrazone groups is 1. The summed E-state index contributed by atoms with van der Waals surface area (Å²) in [5.74, 6) is 0.0922. The van der Waals surface area contributed by atoms with Gasteiger partial charge in [-0.25, -0.2) is 18.6 Å². The highest BCUT2D eigenvalue weighted by Crippen LogP contribution is 2.10. The van der Waals surface area contributed by atoms with Crippen LogP contribution in [0, 0.1) is 0 Å². The van der Waals surface area contributed by atoms with Gasteiger partial charge >= 0.3 is 0 Å². The number of hydrogen-bond acceptors (Lipinski definition) is 5. The molecule has 0 aromatic heterocycles. The van der Waals surface area contributed by atoms with Gasteiger partial charge in [0.15, 0.2) is 0 Å². The van der Waals surface area contributed by atoms with Gasteiger partial charge in [-0.15, -0.1) is 0 Å². The number of ether oxygens (including phenoxy) is 1. The third-order valence-corrected chi connectivity index (χ3v) is 4.39. The number of hydrogen-bond donors (Lipinski definition) is 2. The van der Waals surface area contributed by atoms with Gasteiger partial charge < -0.3 is 4.74 Å². The lowest BCUT2D eigenvalue weighted by atomic mass is 10.2. The molecule has 0 radical (unpaired) electrons. The number of rotatable bonds is 7. The fourth-order valence-corrected chi connectivity index (χ4v) is 2.79. The minimum Gasteiger partial charge on any atom is -0.497 e. The van der Waals surface area contributed by atoms with Gasteiger partial charge in [0.25, 0.3) is 5.91 Å². The maximum atomic E-state index is 12.0. The SMILES string of the molecule is COc1cccc(/C=N/NC(=O)CNS(=O)(=O)c2ccccc2)c1. The fourth-order valence-electron chi connectivity index (χ4n) is 1.78. The van der Waals surface area contributed by atoms with Gasteiger partial charge in [-0.3, -0.25) is 4.79 Å². The summed E-state index contributed by atoms with van der Waals surface area (Å²) in [7, 11) is -2.17. The van der Waals surface area contributed by atoms with Crippen molar-refractivity contribution in [2.24, 2.45) is 5.10 Å². The second-order valence-electron chi connectivity index (χ2n) is 4.71. The van der Waals surface area contributed by atoms with Crippen LogP contribution < -0.4 is 14.9 Å². The minimum atomic E-state index is -3.72. The molecule has 7 nitrogen and oxygen atoms in total. The summed E-state index contributed by atoms with van der Waals surface area (Å²) in [4.78, 5) is 11.8. The van der Waals surface area contributed by atoms with Crippen molar-refractivity contribution in [1.29, 1.82) is 0 Å². The second kappa shape index (κ2) is 8.23. The Morgan fingerprint density at radius 3 is 2.62 bits per heavy atom. The fraction of sp³-hybridized carbons (Fsp3) is 0.125. The quantitative estimate of drug-likeness (QED) is 0.579. The molecule has 2 aromatic carbocycles. The molecule has 0 saturated heterocycles. The highest BCUT2D eigenvalue weighted by Gasteiger charge is 2.14. The molecule has 2 N–H and O–H groups in total. The van der Waals surface area contributed by atoms with Gasteiger partial charge in [0.1, 0.15) is 5.75 Å². The van der Waals surface area contributed by atoms with E-state index in [0.29, 0.717) is 5.75 Å². The van der Waals surface area contributed by atoms with E-state index in [0.717, 1.165) is 5.56 Å². The molecule has 0 aliphatic carbocycles. The Balaban J connectivity index is 1.86. The first-order valence-corrected chi connectivity index (χ1v) is 8.50. The second-order valence-corrected chi connectivity index (χ2v) is 6.47. The van der Waals surface area contributed by atoms with Crippen molar-refractivity contribution in [1.82, 2.24) is 10.1 Å². The van der Waals surface area contributed by atoms with Crippen LogP contribution in [0.15, 0.2) is 64.6 Å². The van der Waals surface area contributed by atoms with Gasteiger partial charge in [0.2, 0.25) is 10.0 Å². The van der Waals surface area contributed by atoms with E-state index >= 15 is 0 Å². The molecule has 0 unspecified atom stereocenters. The first kappa shape index (κ1) is 17.6. The summed E-state index contributed by atoms with van der Waals surface area (Å²) in [6.45, 7) is -0.410. The van der Waals surface area contributed by atoms with E-state index in [9.17, 15) is 13.2 Å². The third-order valence-electron chi connectivity index (χ3n) is 2.97. The number of nitrogens with one attached hydrogen (secondary N) is 2. The molecule has 0 aliphatic rings. The van der Waals surface area contributed by atoms with Crippen LogP contribution in [-0.2, 0) is 14.8 Å². The van der Waals surface area contributed by atoms with E-state index in [1.807, 2.05) is 0 Å². The van der Waals surface area contributed by atoms with Crippen molar-refractivity contribution in [3.05, 3.63) is 60.2 Å². The maximum absolute atomic E-state index is 12.0. The summed E-state index contributed by atoms with van der Waals surface area (Å²) in [5, 5.41) is 3.78. The first-order chi connectivity index (χ1) is 11.5. The van der Waals surface area contributed by atoms with E-state index < -0.39 is 22.5 Å². The van der Waals surface area contributed by atoms with Crippen LogP contribution in [0.2, 0.25) is 0 Å². The number of carbonyl (C=O) groups is 1. The zero-order chi connectivity index (χ0) is 17.4. The zero-order valence-corrected chi connectivity index (χ0v) is 13.8. The minimum absolute atomic E-state index is 0.0951. The molecule has 0 atom stereocenters. The number of methoxy groups -OCH3 is 1. The Morgan fingerprint density at radius 1 is 1.17 bits per heavy atom. The standard InChI is InChI=1S/C16H17N3O4S/c1-23-14-7-5-6-13(10-14)11-17-19-16(20)12-18-24(21,22)15-8-3-2-4-9-15/h2-11,18H,12H2,1H3,(H,19,20)/b17-11+. The molecule has 0 fully saturated rings. The first-order valence-electron chi connectivity index (χ1n) is 7.02. The molecule has 0 spiro atoms. The average molecular weight is 347 g/mol. The average Bonchev–Trinajstić information content (AvgIpc) is 2.61. The number of nitrogens with zero attached hydrogens (tertiary/aromatic N) is 1. The van der Waals surface area contributed by atoms with Crippen LogP contribution in [-0.4, -0.2) is 34.2 Å². The van der Waals surface area contributed by atoms with E-state index in [2.05, 4.69) is 15.2 Å². The van der Waals surface area contributed by atoms with E-state index in [1.165, 1.54) is 18.3 Å². The van der Waals surface area contributed by atoms with Gasteiger partial charge in [-0.2, -0.15) is 5.10 Å². The number of sulfonamides is 1. The lowest BCUT2D eigenvalue weighted by Crippen LogP contribution is -2.34. The molecular formula is C16H17N3O4S. The summed E-state index contributed by atoms with van der Waals surface area (Å²) in [6, 6.07) is 14.9. The van der Waals surface area contributed by atoms with Crippen LogP contribution in [0.3, 0.4) is 0 Å². The van der Waals surface area contributed by atoms with Crippen molar-refractivity contribution in [2.45, 2.75) is 4.90 Å². The summed E-state index contributed by atoms with van der Waals surface area (Å²) in [6.07, 6.45) is 1.44. The monoisotopic (exact) mass is 347 g/mol. The Morgan fingerprint density at radius 2 is 1.92 bits per heavy atom. The van der Waals surface area contributed by atoms with Gasteiger partial charge in [0, 0.05) is 0 Å². The van der Waals surface area contributed by atoms with Crippen molar-refractivity contribution >= 4 is 22.1 Å². The summed E-state index contributed by atoms with van der Waals surface area (Å²) >= 11 is 0. The van der Waals surface area contributed by atoms with E-state index in [4.69, 9.17) is 4.74 Å². The number of carbonyl (C=O) groups excluding carboxylic acids is 1. The molecule has 2 aromatic rings. The smallest absolute Gasteiger partial charge is 0.255 e. The molecule has 24 heavy (non-hydrogen) atoms. The van der Waals surface area contributed by atoms with Gasteiger partial charge in [-0.1, -0.05) is 30.3 Å². The molecule has 0 bridgehead atoms. The highest BCUT2D eigenvalue weighted by molar-refractivity contribution is 7.89. The predicted molar refractivity (Wildman–Crippen MR) is 90.4 cm³/mol. The van der Waals surface area contributed by atoms with Gasteiger partial charge in [-0.05, 0) is 29.8 Å². The largest absolute Gasteiger partial charge is 0.497 e. The van der Waals surface area contributed by atoms with Crippen LogP contribution in [0.1, 0.15) is 5.56 Å². The zero-order valence-electron chi connectivity index (χ0n) is 13.0. The van der Waals surface area contributed by atoms with Crippen LogP contribution in [0.4, 0.5) is 0 Å². The van der Waals surface area contributed by atoms with Crippen molar-refractivity contribution in [2.75, 3.05) is 13.7 Å². The number of benzene rings is 2. The highest BCUT2D eigenvalue weighted by atomic mass is 32.2.